The van der Waals surface area contributed by atoms with Crippen molar-refractivity contribution < 1.29 is 33.0 Å². The Kier molecular flexibility index (Phi) is 5.18. The SMILES string of the molecule is O=C([O-])CS(=O)(=O)c1cccc(C(=O)Nc2ccccc2C(=O)[O-])c1. The fourth-order valence-electron chi connectivity index (χ4n) is 2.03. The van der Waals surface area contributed by atoms with Crippen LogP contribution in [-0.4, -0.2) is 32.0 Å². The van der Waals surface area contributed by atoms with Gasteiger partial charge in [0.25, 0.3) is 5.91 Å². The summed E-state index contributed by atoms with van der Waals surface area (Å²) in [5, 5.41) is 23.9. The van der Waals surface area contributed by atoms with Crippen LogP contribution >= 0.6 is 0 Å². The number of carbonyl (C=O) groups excluding carboxylic acids is 3. The van der Waals surface area contributed by atoms with Gasteiger partial charge in [0.1, 0.15) is 0 Å². The predicted molar refractivity (Wildman–Crippen MR) is 82.2 cm³/mol. The number of carboxylic acids is 2. The highest BCUT2D eigenvalue weighted by Gasteiger charge is 2.17. The molecule has 2 rings (SSSR count). The van der Waals surface area contributed by atoms with Gasteiger partial charge in [-0.3, -0.25) is 4.79 Å². The van der Waals surface area contributed by atoms with Crippen LogP contribution in [0.2, 0.25) is 0 Å². The molecule has 8 nitrogen and oxygen atoms in total. The molecule has 130 valence electrons. The number of carboxylic acid groups (broad SMARTS) is 2. The summed E-state index contributed by atoms with van der Waals surface area (Å²) in [4.78, 5) is 33.4. The third-order valence-corrected chi connectivity index (χ3v) is 4.75. The Balaban J connectivity index is 2.31. The van der Waals surface area contributed by atoms with Gasteiger partial charge in [0.05, 0.1) is 28.3 Å². The van der Waals surface area contributed by atoms with Crippen molar-refractivity contribution >= 4 is 33.4 Å². The largest absolute Gasteiger partial charge is 0.549 e. The van der Waals surface area contributed by atoms with Crippen molar-refractivity contribution in [1.82, 2.24) is 0 Å². The minimum absolute atomic E-state index is 0.0181. The number of carbonyl (C=O) groups is 3. The molecule has 0 fully saturated rings. The van der Waals surface area contributed by atoms with E-state index in [1.54, 1.807) is 0 Å². The number of para-hydroxylation sites is 1. The Labute approximate surface area is 142 Å². The standard InChI is InChI=1S/C16H13NO7S/c18-14(19)9-25(23,24)11-5-3-4-10(8-11)15(20)17-13-7-2-1-6-12(13)16(21)22/h1-8H,9H2,(H,17,20)(H,18,19)(H,21,22)/p-2. The topological polar surface area (TPSA) is 144 Å². The average molecular weight is 361 g/mol. The summed E-state index contributed by atoms with van der Waals surface area (Å²) in [6, 6.07) is 10.2. The summed E-state index contributed by atoms with van der Waals surface area (Å²) < 4.78 is 23.8. The zero-order chi connectivity index (χ0) is 18.6. The lowest BCUT2D eigenvalue weighted by Crippen LogP contribution is -2.30. The quantitative estimate of drug-likeness (QED) is 0.682. The van der Waals surface area contributed by atoms with Gasteiger partial charge in [-0.05, 0) is 24.3 Å². The van der Waals surface area contributed by atoms with Crippen LogP contribution < -0.4 is 15.5 Å². The first kappa shape index (κ1) is 18.1. The molecule has 0 radical (unpaired) electrons. The van der Waals surface area contributed by atoms with Gasteiger partial charge in [-0.15, -0.1) is 0 Å². The maximum atomic E-state index is 12.2. The summed E-state index contributed by atoms with van der Waals surface area (Å²) in [6.07, 6.45) is 0. The fourth-order valence-corrected chi connectivity index (χ4v) is 3.10. The van der Waals surface area contributed by atoms with Crippen molar-refractivity contribution in [2.45, 2.75) is 4.90 Å². The van der Waals surface area contributed by atoms with Crippen molar-refractivity contribution in [3.63, 3.8) is 0 Å². The summed E-state index contributed by atoms with van der Waals surface area (Å²) in [7, 11) is -4.16. The van der Waals surface area contributed by atoms with E-state index in [4.69, 9.17) is 0 Å². The lowest BCUT2D eigenvalue weighted by atomic mass is 10.1. The molecule has 0 spiro atoms. The highest BCUT2D eigenvalue weighted by Crippen LogP contribution is 2.18. The molecule has 0 bridgehead atoms. The Morgan fingerprint density at radius 2 is 1.64 bits per heavy atom. The van der Waals surface area contributed by atoms with Gasteiger partial charge in [-0.25, -0.2) is 8.42 Å². The zero-order valence-electron chi connectivity index (χ0n) is 12.6. The molecule has 0 atom stereocenters. The number of rotatable bonds is 6. The van der Waals surface area contributed by atoms with E-state index in [9.17, 15) is 33.0 Å². The molecule has 2 aromatic carbocycles. The first-order valence-electron chi connectivity index (χ1n) is 6.85. The molecule has 25 heavy (non-hydrogen) atoms. The van der Waals surface area contributed by atoms with E-state index in [2.05, 4.69) is 5.32 Å². The molecule has 1 N–H and O–H groups in total. The molecular weight excluding hydrogens is 350 g/mol. The van der Waals surface area contributed by atoms with Crippen LogP contribution in [0.4, 0.5) is 5.69 Å². The third-order valence-electron chi connectivity index (χ3n) is 3.16. The van der Waals surface area contributed by atoms with Crippen LogP contribution in [0, 0.1) is 0 Å². The number of anilines is 1. The molecular formula is C16H11NO7S-2. The second-order valence-electron chi connectivity index (χ2n) is 4.95. The van der Waals surface area contributed by atoms with Gasteiger partial charge in [0.2, 0.25) is 0 Å². The highest BCUT2D eigenvalue weighted by atomic mass is 32.2. The van der Waals surface area contributed by atoms with Gasteiger partial charge in [-0.1, -0.05) is 24.3 Å². The van der Waals surface area contributed by atoms with Crippen LogP contribution in [0.3, 0.4) is 0 Å². The van der Waals surface area contributed by atoms with E-state index in [-0.39, 0.29) is 21.7 Å². The second-order valence-corrected chi connectivity index (χ2v) is 6.94. The monoisotopic (exact) mass is 361 g/mol. The van der Waals surface area contributed by atoms with E-state index in [1.807, 2.05) is 0 Å². The normalized spacial score (nSPS) is 10.9. The van der Waals surface area contributed by atoms with E-state index in [1.165, 1.54) is 36.4 Å². The van der Waals surface area contributed by atoms with Crippen molar-refractivity contribution in [3.05, 3.63) is 59.7 Å². The van der Waals surface area contributed by atoms with Gasteiger partial charge in [-0.2, -0.15) is 0 Å². The van der Waals surface area contributed by atoms with Gasteiger partial charge in [0.15, 0.2) is 9.84 Å². The van der Waals surface area contributed by atoms with Crippen LogP contribution in [0.25, 0.3) is 0 Å². The minimum atomic E-state index is -4.16. The fraction of sp³-hybridized carbons (Fsp3) is 0.0625. The molecule has 0 aliphatic carbocycles. The number of hydrogen-bond donors (Lipinski definition) is 1. The van der Waals surface area contributed by atoms with Crippen molar-refractivity contribution in [3.8, 4) is 0 Å². The van der Waals surface area contributed by atoms with Crippen molar-refractivity contribution in [1.29, 1.82) is 0 Å². The van der Waals surface area contributed by atoms with Crippen LogP contribution in [-0.2, 0) is 14.6 Å². The second kappa shape index (κ2) is 7.14. The summed E-state index contributed by atoms with van der Waals surface area (Å²) in [6.45, 7) is 0. The molecule has 0 saturated carbocycles. The van der Waals surface area contributed by atoms with Gasteiger partial charge in [0, 0.05) is 11.1 Å². The zero-order valence-corrected chi connectivity index (χ0v) is 13.4. The Morgan fingerprint density at radius 1 is 0.960 bits per heavy atom. The average Bonchev–Trinajstić information content (AvgIpc) is 2.54. The number of hydrogen-bond acceptors (Lipinski definition) is 7. The minimum Gasteiger partial charge on any atom is -0.549 e. The molecule has 1 amide bonds. The van der Waals surface area contributed by atoms with E-state index in [0.29, 0.717) is 0 Å². The molecule has 0 unspecified atom stereocenters. The number of aliphatic carboxylic acids is 1. The number of nitrogens with one attached hydrogen (secondary N) is 1. The van der Waals surface area contributed by atoms with Crippen LogP contribution in [0.15, 0.2) is 53.4 Å². The third kappa shape index (κ3) is 4.42. The summed E-state index contributed by atoms with van der Waals surface area (Å²) >= 11 is 0. The maximum absolute atomic E-state index is 12.2. The van der Waals surface area contributed by atoms with Gasteiger partial charge < -0.3 is 25.1 Å². The van der Waals surface area contributed by atoms with Crippen LogP contribution in [0.1, 0.15) is 20.7 Å². The highest BCUT2D eigenvalue weighted by molar-refractivity contribution is 7.92. The number of sulfone groups is 1. The molecule has 0 aromatic heterocycles. The predicted octanol–water partition coefficient (Wildman–Crippen LogP) is -1.17. The first-order chi connectivity index (χ1) is 11.7. The molecule has 0 saturated heterocycles. The number of aromatic carboxylic acids is 1. The smallest absolute Gasteiger partial charge is 0.255 e. The van der Waals surface area contributed by atoms with Crippen LogP contribution in [0.5, 0.6) is 0 Å². The van der Waals surface area contributed by atoms with E-state index < -0.39 is 33.4 Å². The van der Waals surface area contributed by atoms with E-state index in [0.717, 1.165) is 12.1 Å². The number of benzene rings is 2. The summed E-state index contributed by atoms with van der Waals surface area (Å²) in [5.74, 6) is -5.23. The van der Waals surface area contributed by atoms with Gasteiger partial charge >= 0.3 is 0 Å². The lowest BCUT2D eigenvalue weighted by molar-refractivity contribution is -0.301. The molecule has 9 heteroatoms. The molecule has 0 heterocycles. The number of amides is 1. The Morgan fingerprint density at radius 3 is 2.28 bits per heavy atom. The molecule has 2 aromatic rings. The molecule has 0 aliphatic heterocycles. The van der Waals surface area contributed by atoms with E-state index >= 15 is 0 Å². The Hall–Kier alpha value is -3.20. The maximum Gasteiger partial charge on any atom is 0.255 e. The lowest BCUT2D eigenvalue weighted by Gasteiger charge is -2.12. The first-order valence-corrected chi connectivity index (χ1v) is 8.50. The molecule has 0 aliphatic rings. The summed E-state index contributed by atoms with van der Waals surface area (Å²) in [5.41, 5.74) is -0.348. The van der Waals surface area contributed by atoms with Crippen molar-refractivity contribution in [2.75, 3.05) is 11.1 Å². The Bertz CT molecular complexity index is 950. The van der Waals surface area contributed by atoms with Crippen molar-refractivity contribution in [2.24, 2.45) is 0 Å².